The smallest absolute Gasteiger partial charge is 0.119 e. The largest absolute Gasteiger partial charge is 0.493 e. The summed E-state index contributed by atoms with van der Waals surface area (Å²) in [7, 11) is 0. The van der Waals surface area contributed by atoms with E-state index in [4.69, 9.17) is 4.74 Å². The van der Waals surface area contributed by atoms with Crippen molar-refractivity contribution in [3.8, 4) is 5.75 Å². The molecule has 0 aromatic heterocycles. The van der Waals surface area contributed by atoms with Gasteiger partial charge in [-0.1, -0.05) is 32.9 Å². The lowest BCUT2D eigenvalue weighted by Crippen LogP contribution is -2.28. The van der Waals surface area contributed by atoms with E-state index in [0.717, 1.165) is 18.8 Å². The number of ether oxygens (including phenoxy) is 1. The number of nitrogens with one attached hydrogen (secondary N) is 1. The molecule has 0 fully saturated rings. The van der Waals surface area contributed by atoms with Gasteiger partial charge in [0, 0.05) is 12.6 Å². The molecule has 0 aliphatic heterocycles. The van der Waals surface area contributed by atoms with Crippen LogP contribution >= 0.6 is 0 Å². The third-order valence-electron chi connectivity index (χ3n) is 3.09. The van der Waals surface area contributed by atoms with Gasteiger partial charge in [-0.05, 0) is 37.0 Å². The highest BCUT2D eigenvalue weighted by atomic mass is 16.5. The molecule has 0 spiro atoms. The molecule has 1 aromatic rings. The first kappa shape index (κ1) is 16.0. The minimum atomic E-state index is -0.268. The Labute approximate surface area is 117 Å². The molecular formula is C16H27NO2. The van der Waals surface area contributed by atoms with Gasteiger partial charge in [0.15, 0.2) is 0 Å². The van der Waals surface area contributed by atoms with Crippen molar-refractivity contribution in [1.29, 1.82) is 0 Å². The van der Waals surface area contributed by atoms with Gasteiger partial charge < -0.3 is 15.2 Å². The standard InChI is InChI=1S/C16H27NO2/c1-5-15(18)10-17-13(4)14-6-8-16(9-7-14)19-11-12(2)3/h6-9,12-13,15,17-18H,5,10-11H2,1-4H3/t13?,15-/m1/s1. The maximum Gasteiger partial charge on any atom is 0.119 e. The summed E-state index contributed by atoms with van der Waals surface area (Å²) < 4.78 is 5.66. The fourth-order valence-corrected chi connectivity index (χ4v) is 1.69. The lowest BCUT2D eigenvalue weighted by molar-refractivity contribution is 0.164. The molecule has 0 radical (unpaired) electrons. The Morgan fingerprint density at radius 3 is 2.32 bits per heavy atom. The average Bonchev–Trinajstić information content (AvgIpc) is 2.42. The van der Waals surface area contributed by atoms with E-state index in [0.29, 0.717) is 12.5 Å². The van der Waals surface area contributed by atoms with E-state index < -0.39 is 0 Å². The second-order valence-corrected chi connectivity index (χ2v) is 5.47. The Hall–Kier alpha value is -1.06. The zero-order chi connectivity index (χ0) is 14.3. The van der Waals surface area contributed by atoms with Crippen LogP contribution in [0.2, 0.25) is 0 Å². The van der Waals surface area contributed by atoms with Crippen LogP contribution in [0, 0.1) is 5.92 Å². The SMILES string of the molecule is CC[C@@H](O)CNC(C)c1ccc(OCC(C)C)cc1. The monoisotopic (exact) mass is 265 g/mol. The van der Waals surface area contributed by atoms with Crippen LogP contribution in [0.15, 0.2) is 24.3 Å². The predicted molar refractivity (Wildman–Crippen MR) is 79.5 cm³/mol. The highest BCUT2D eigenvalue weighted by Gasteiger charge is 2.07. The van der Waals surface area contributed by atoms with E-state index in [-0.39, 0.29) is 12.1 Å². The quantitative estimate of drug-likeness (QED) is 0.758. The molecule has 3 heteroatoms. The van der Waals surface area contributed by atoms with Crippen molar-refractivity contribution < 1.29 is 9.84 Å². The van der Waals surface area contributed by atoms with Crippen molar-refractivity contribution in [3.63, 3.8) is 0 Å². The second-order valence-electron chi connectivity index (χ2n) is 5.47. The van der Waals surface area contributed by atoms with Gasteiger partial charge in [0.25, 0.3) is 0 Å². The van der Waals surface area contributed by atoms with Gasteiger partial charge in [-0.15, -0.1) is 0 Å². The zero-order valence-corrected chi connectivity index (χ0v) is 12.5. The van der Waals surface area contributed by atoms with Gasteiger partial charge in [-0.3, -0.25) is 0 Å². The molecule has 2 atom stereocenters. The van der Waals surface area contributed by atoms with Crippen molar-refractivity contribution in [2.75, 3.05) is 13.2 Å². The normalized spacial score (nSPS) is 14.4. The Balaban J connectivity index is 2.46. The lowest BCUT2D eigenvalue weighted by Gasteiger charge is -2.17. The number of aliphatic hydroxyl groups excluding tert-OH is 1. The second kappa shape index (κ2) is 8.18. The van der Waals surface area contributed by atoms with Gasteiger partial charge in [-0.2, -0.15) is 0 Å². The van der Waals surface area contributed by atoms with Gasteiger partial charge >= 0.3 is 0 Å². The highest BCUT2D eigenvalue weighted by molar-refractivity contribution is 5.28. The van der Waals surface area contributed by atoms with Crippen LogP contribution in [0.1, 0.15) is 45.7 Å². The van der Waals surface area contributed by atoms with E-state index in [1.807, 2.05) is 19.1 Å². The third kappa shape index (κ3) is 6.08. The molecule has 0 aliphatic rings. The zero-order valence-electron chi connectivity index (χ0n) is 12.5. The summed E-state index contributed by atoms with van der Waals surface area (Å²) >= 11 is 0. The van der Waals surface area contributed by atoms with Crippen molar-refractivity contribution in [2.45, 2.75) is 46.3 Å². The summed E-state index contributed by atoms with van der Waals surface area (Å²) in [5.74, 6) is 1.45. The van der Waals surface area contributed by atoms with Gasteiger partial charge in [0.1, 0.15) is 5.75 Å². The van der Waals surface area contributed by atoms with E-state index >= 15 is 0 Å². The minimum Gasteiger partial charge on any atom is -0.493 e. The van der Waals surface area contributed by atoms with Crippen LogP contribution in [0.4, 0.5) is 0 Å². The molecule has 2 N–H and O–H groups in total. The van der Waals surface area contributed by atoms with E-state index in [1.54, 1.807) is 0 Å². The number of aliphatic hydroxyl groups is 1. The Morgan fingerprint density at radius 2 is 1.79 bits per heavy atom. The van der Waals surface area contributed by atoms with Crippen LogP contribution in [-0.4, -0.2) is 24.4 Å². The summed E-state index contributed by atoms with van der Waals surface area (Å²) in [6, 6.07) is 8.40. The summed E-state index contributed by atoms with van der Waals surface area (Å²) in [5, 5.41) is 12.9. The molecule has 0 heterocycles. The van der Waals surface area contributed by atoms with Gasteiger partial charge in [0.05, 0.1) is 12.7 Å². The maximum atomic E-state index is 9.54. The molecule has 19 heavy (non-hydrogen) atoms. The van der Waals surface area contributed by atoms with E-state index in [1.165, 1.54) is 5.56 Å². The highest BCUT2D eigenvalue weighted by Crippen LogP contribution is 2.18. The first-order valence-electron chi connectivity index (χ1n) is 7.17. The molecule has 1 unspecified atom stereocenters. The van der Waals surface area contributed by atoms with Crippen LogP contribution in [0.3, 0.4) is 0 Å². The minimum absolute atomic E-state index is 0.236. The first-order valence-corrected chi connectivity index (χ1v) is 7.17. The molecule has 0 saturated carbocycles. The molecule has 0 saturated heterocycles. The number of hydrogen-bond acceptors (Lipinski definition) is 3. The van der Waals surface area contributed by atoms with Crippen LogP contribution in [0.25, 0.3) is 0 Å². The molecule has 0 bridgehead atoms. The summed E-state index contributed by atoms with van der Waals surface area (Å²) in [6.07, 6.45) is 0.512. The Bertz CT molecular complexity index is 348. The van der Waals surface area contributed by atoms with Crippen LogP contribution < -0.4 is 10.1 Å². The fourth-order valence-electron chi connectivity index (χ4n) is 1.69. The molecular weight excluding hydrogens is 238 g/mol. The third-order valence-corrected chi connectivity index (χ3v) is 3.09. The van der Waals surface area contributed by atoms with Crippen molar-refractivity contribution in [3.05, 3.63) is 29.8 Å². The van der Waals surface area contributed by atoms with E-state index in [2.05, 4.69) is 38.2 Å². The van der Waals surface area contributed by atoms with Crippen molar-refractivity contribution >= 4 is 0 Å². The Kier molecular flexibility index (Phi) is 6.89. The molecule has 3 nitrogen and oxygen atoms in total. The maximum absolute atomic E-state index is 9.54. The molecule has 1 aromatic carbocycles. The van der Waals surface area contributed by atoms with Crippen LogP contribution in [0.5, 0.6) is 5.75 Å². The summed E-state index contributed by atoms with van der Waals surface area (Å²) in [6.45, 7) is 9.74. The van der Waals surface area contributed by atoms with Crippen molar-refractivity contribution in [1.82, 2.24) is 5.32 Å². The van der Waals surface area contributed by atoms with Gasteiger partial charge in [0.2, 0.25) is 0 Å². The summed E-state index contributed by atoms with van der Waals surface area (Å²) in [5.41, 5.74) is 1.21. The van der Waals surface area contributed by atoms with Gasteiger partial charge in [-0.25, -0.2) is 0 Å². The van der Waals surface area contributed by atoms with Crippen molar-refractivity contribution in [2.24, 2.45) is 5.92 Å². The number of rotatable bonds is 8. The topological polar surface area (TPSA) is 41.5 Å². The fraction of sp³-hybridized carbons (Fsp3) is 0.625. The van der Waals surface area contributed by atoms with E-state index in [9.17, 15) is 5.11 Å². The number of benzene rings is 1. The Morgan fingerprint density at radius 1 is 1.16 bits per heavy atom. The summed E-state index contributed by atoms with van der Waals surface area (Å²) in [4.78, 5) is 0. The molecule has 108 valence electrons. The average molecular weight is 265 g/mol. The lowest BCUT2D eigenvalue weighted by atomic mass is 10.1. The predicted octanol–water partition coefficient (Wildman–Crippen LogP) is 3.14. The number of hydrogen-bond donors (Lipinski definition) is 2. The molecule has 0 aliphatic carbocycles. The van der Waals surface area contributed by atoms with Crippen LogP contribution in [-0.2, 0) is 0 Å². The molecule has 0 amide bonds. The first-order chi connectivity index (χ1) is 9.02. The molecule has 1 rings (SSSR count).